The van der Waals surface area contributed by atoms with Crippen molar-refractivity contribution in [3.8, 4) is 0 Å². The zero-order chi connectivity index (χ0) is 13.5. The maximum absolute atomic E-state index is 11.7. The fourth-order valence-corrected chi connectivity index (χ4v) is 1.77. The molecule has 0 heterocycles. The minimum absolute atomic E-state index is 0.0874. The van der Waals surface area contributed by atoms with E-state index in [0.29, 0.717) is 23.6 Å². The molecule has 0 fully saturated rings. The van der Waals surface area contributed by atoms with Crippen LogP contribution in [0.2, 0.25) is 5.02 Å². The number of hydrogen-bond donors (Lipinski definition) is 3. The number of carbonyl (C=O) groups excluding carboxylic acids is 1. The number of nitrogens with one attached hydrogen (secondary N) is 1. The van der Waals surface area contributed by atoms with Crippen LogP contribution in [0.15, 0.2) is 24.3 Å². The molecule has 5 heteroatoms. The van der Waals surface area contributed by atoms with E-state index in [1.807, 2.05) is 6.92 Å². The Morgan fingerprint density at radius 2 is 2.11 bits per heavy atom. The summed E-state index contributed by atoms with van der Waals surface area (Å²) in [6.45, 7) is 2.42. The number of rotatable bonds is 6. The molecule has 1 unspecified atom stereocenters. The van der Waals surface area contributed by atoms with Crippen LogP contribution < -0.4 is 5.32 Å². The van der Waals surface area contributed by atoms with Gasteiger partial charge in [0.2, 0.25) is 0 Å². The fraction of sp³-hybridized carbons (Fsp3) is 0.462. The molecule has 0 aromatic heterocycles. The van der Waals surface area contributed by atoms with E-state index in [1.165, 1.54) is 0 Å². The molecule has 0 saturated heterocycles. The average Bonchev–Trinajstić information content (AvgIpc) is 2.36. The maximum atomic E-state index is 11.7. The Kier molecular flexibility index (Phi) is 6.12. The van der Waals surface area contributed by atoms with Gasteiger partial charge >= 0.3 is 0 Å². The fourth-order valence-electron chi connectivity index (χ4n) is 1.53. The van der Waals surface area contributed by atoms with Crippen molar-refractivity contribution in [2.45, 2.75) is 19.4 Å². The van der Waals surface area contributed by atoms with Gasteiger partial charge in [0.05, 0.1) is 0 Å². The van der Waals surface area contributed by atoms with E-state index in [2.05, 4.69) is 5.32 Å². The van der Waals surface area contributed by atoms with Gasteiger partial charge in [-0.05, 0) is 18.4 Å². The lowest BCUT2D eigenvalue weighted by Gasteiger charge is -2.15. The van der Waals surface area contributed by atoms with E-state index < -0.39 is 12.0 Å². The Morgan fingerprint density at radius 3 is 2.72 bits per heavy atom. The highest BCUT2D eigenvalue weighted by Crippen LogP contribution is 2.22. The van der Waals surface area contributed by atoms with Gasteiger partial charge in [-0.2, -0.15) is 0 Å². The summed E-state index contributed by atoms with van der Waals surface area (Å²) in [6, 6.07) is 6.69. The summed E-state index contributed by atoms with van der Waals surface area (Å²) in [6.07, 6.45) is -0.650. The number of halogens is 1. The van der Waals surface area contributed by atoms with Crippen molar-refractivity contribution < 1.29 is 15.0 Å². The average molecular weight is 272 g/mol. The second-order valence-corrected chi connectivity index (χ2v) is 4.69. The molecule has 0 aliphatic heterocycles. The quantitative estimate of drug-likeness (QED) is 0.735. The highest BCUT2D eigenvalue weighted by atomic mass is 35.5. The molecule has 0 bridgehead atoms. The molecule has 0 saturated carbocycles. The Balaban J connectivity index is 2.54. The first-order chi connectivity index (χ1) is 8.56. The minimum atomic E-state index is -1.26. The number of benzene rings is 1. The summed E-state index contributed by atoms with van der Waals surface area (Å²) in [7, 11) is 0. The highest BCUT2D eigenvalue weighted by Gasteiger charge is 2.19. The van der Waals surface area contributed by atoms with Gasteiger partial charge in [0.1, 0.15) is 0 Å². The van der Waals surface area contributed by atoms with Crippen molar-refractivity contribution in [2.24, 2.45) is 5.92 Å². The molecular formula is C13H18ClNO3. The van der Waals surface area contributed by atoms with E-state index in [-0.39, 0.29) is 12.5 Å². The first kappa shape index (κ1) is 15.0. The third-order valence-corrected chi connectivity index (χ3v) is 3.04. The van der Waals surface area contributed by atoms with Crippen LogP contribution in [-0.2, 0) is 4.79 Å². The molecule has 0 aliphatic carbocycles. The Labute approximate surface area is 112 Å². The lowest BCUT2D eigenvalue weighted by Crippen LogP contribution is -2.33. The van der Waals surface area contributed by atoms with E-state index in [0.717, 1.165) is 0 Å². The molecule has 1 rings (SSSR count). The summed E-state index contributed by atoms with van der Waals surface area (Å²) in [5.74, 6) is -0.315. The second kappa shape index (κ2) is 7.36. The number of carbonyl (C=O) groups is 1. The van der Waals surface area contributed by atoms with E-state index in [4.69, 9.17) is 16.7 Å². The number of aliphatic hydroxyl groups excluding tert-OH is 2. The molecular weight excluding hydrogens is 254 g/mol. The summed E-state index contributed by atoms with van der Waals surface area (Å²) in [5, 5.41) is 21.6. The SMILES string of the molecule is CC(CCO)CNC(=O)[C@H](O)c1ccccc1Cl. The zero-order valence-electron chi connectivity index (χ0n) is 10.3. The molecule has 100 valence electrons. The molecule has 0 radical (unpaired) electrons. The Hall–Kier alpha value is -1.10. The Morgan fingerprint density at radius 1 is 1.44 bits per heavy atom. The van der Waals surface area contributed by atoms with Gasteiger partial charge in [-0.3, -0.25) is 4.79 Å². The van der Waals surface area contributed by atoms with Crippen LogP contribution >= 0.6 is 11.6 Å². The molecule has 4 nitrogen and oxygen atoms in total. The van der Waals surface area contributed by atoms with Crippen LogP contribution in [0.1, 0.15) is 25.0 Å². The van der Waals surface area contributed by atoms with Crippen LogP contribution in [0.3, 0.4) is 0 Å². The van der Waals surface area contributed by atoms with Crippen LogP contribution in [0.4, 0.5) is 0 Å². The number of amides is 1. The predicted octanol–water partition coefficient (Wildman–Crippen LogP) is 1.51. The van der Waals surface area contributed by atoms with Crippen LogP contribution in [0.5, 0.6) is 0 Å². The van der Waals surface area contributed by atoms with Crippen LogP contribution in [-0.4, -0.2) is 29.3 Å². The lowest BCUT2D eigenvalue weighted by atomic mass is 10.1. The number of hydrogen-bond acceptors (Lipinski definition) is 3. The number of aliphatic hydroxyl groups is 2. The monoisotopic (exact) mass is 271 g/mol. The molecule has 1 aromatic rings. The van der Waals surface area contributed by atoms with Crippen molar-refractivity contribution in [3.63, 3.8) is 0 Å². The predicted molar refractivity (Wildman–Crippen MR) is 70.3 cm³/mol. The topological polar surface area (TPSA) is 69.6 Å². The first-order valence-electron chi connectivity index (χ1n) is 5.87. The van der Waals surface area contributed by atoms with Crippen molar-refractivity contribution in [1.82, 2.24) is 5.32 Å². The van der Waals surface area contributed by atoms with Gasteiger partial charge in [-0.1, -0.05) is 36.7 Å². The van der Waals surface area contributed by atoms with Gasteiger partial charge in [0.25, 0.3) is 5.91 Å². The van der Waals surface area contributed by atoms with Crippen molar-refractivity contribution in [3.05, 3.63) is 34.9 Å². The zero-order valence-corrected chi connectivity index (χ0v) is 11.0. The summed E-state index contributed by atoms with van der Waals surface area (Å²) in [4.78, 5) is 11.7. The normalized spacial score (nSPS) is 14.0. The smallest absolute Gasteiger partial charge is 0.253 e. The van der Waals surface area contributed by atoms with Gasteiger partial charge in [-0.15, -0.1) is 0 Å². The van der Waals surface area contributed by atoms with Crippen molar-refractivity contribution in [2.75, 3.05) is 13.2 Å². The summed E-state index contributed by atoms with van der Waals surface area (Å²) < 4.78 is 0. The summed E-state index contributed by atoms with van der Waals surface area (Å²) >= 11 is 5.90. The molecule has 1 aromatic carbocycles. The van der Waals surface area contributed by atoms with Gasteiger partial charge in [0.15, 0.2) is 6.10 Å². The molecule has 18 heavy (non-hydrogen) atoms. The third-order valence-electron chi connectivity index (χ3n) is 2.69. The van der Waals surface area contributed by atoms with E-state index in [9.17, 15) is 9.90 Å². The molecule has 1 amide bonds. The van der Waals surface area contributed by atoms with Crippen molar-refractivity contribution >= 4 is 17.5 Å². The molecule has 2 atom stereocenters. The molecule has 0 spiro atoms. The molecule has 0 aliphatic rings. The van der Waals surface area contributed by atoms with Crippen LogP contribution in [0, 0.1) is 5.92 Å². The first-order valence-corrected chi connectivity index (χ1v) is 6.25. The Bertz CT molecular complexity index is 398. The molecule has 3 N–H and O–H groups in total. The summed E-state index contributed by atoms with van der Waals surface area (Å²) in [5.41, 5.74) is 0.395. The second-order valence-electron chi connectivity index (χ2n) is 4.29. The minimum Gasteiger partial charge on any atom is -0.396 e. The van der Waals surface area contributed by atoms with E-state index >= 15 is 0 Å². The standard InChI is InChI=1S/C13H18ClNO3/c1-9(6-7-16)8-15-13(18)12(17)10-4-2-3-5-11(10)14/h2-5,9,12,16-17H,6-8H2,1H3,(H,15,18)/t9?,12-/m1/s1. The van der Waals surface area contributed by atoms with E-state index in [1.54, 1.807) is 24.3 Å². The largest absolute Gasteiger partial charge is 0.396 e. The van der Waals surface area contributed by atoms with Gasteiger partial charge in [-0.25, -0.2) is 0 Å². The lowest BCUT2D eigenvalue weighted by molar-refractivity contribution is -0.129. The third kappa shape index (κ3) is 4.29. The highest BCUT2D eigenvalue weighted by molar-refractivity contribution is 6.31. The van der Waals surface area contributed by atoms with Gasteiger partial charge < -0.3 is 15.5 Å². The van der Waals surface area contributed by atoms with Crippen LogP contribution in [0.25, 0.3) is 0 Å². The van der Waals surface area contributed by atoms with Gasteiger partial charge in [0, 0.05) is 23.7 Å². The maximum Gasteiger partial charge on any atom is 0.253 e. The van der Waals surface area contributed by atoms with Crippen molar-refractivity contribution in [1.29, 1.82) is 0 Å².